The summed E-state index contributed by atoms with van der Waals surface area (Å²) in [6.07, 6.45) is 5.76. The van der Waals surface area contributed by atoms with E-state index in [1.54, 1.807) is 12.4 Å². The lowest BCUT2D eigenvalue weighted by Gasteiger charge is -2.09. The van der Waals surface area contributed by atoms with Crippen molar-refractivity contribution in [2.24, 2.45) is 0 Å². The monoisotopic (exact) mass is 241 g/mol. The summed E-state index contributed by atoms with van der Waals surface area (Å²) < 4.78 is 5.65. The maximum Gasteiger partial charge on any atom is 0.164 e. The van der Waals surface area contributed by atoms with Gasteiger partial charge in [0.2, 0.25) is 0 Å². The second-order valence-corrected chi connectivity index (χ2v) is 4.34. The number of nitrogens with zero attached hydrogens (tertiary/aromatic N) is 2. The van der Waals surface area contributed by atoms with E-state index in [0.29, 0.717) is 11.8 Å². The summed E-state index contributed by atoms with van der Waals surface area (Å²) in [5.74, 6) is 2.32. The van der Waals surface area contributed by atoms with Crippen molar-refractivity contribution < 1.29 is 4.74 Å². The Kier molecular flexibility index (Phi) is 3.19. The zero-order valence-electron chi connectivity index (χ0n) is 10.0. The first-order chi connectivity index (χ1) is 8.92. The molecule has 1 aliphatic rings. The fourth-order valence-corrected chi connectivity index (χ4v) is 2.09. The molecule has 0 radical (unpaired) electrons. The van der Waals surface area contributed by atoms with E-state index < -0.39 is 0 Å². The number of hydrogen-bond acceptors (Lipinski definition) is 4. The molecule has 0 aliphatic carbocycles. The van der Waals surface area contributed by atoms with E-state index >= 15 is 0 Å². The van der Waals surface area contributed by atoms with Crippen LogP contribution in [0.5, 0.6) is 11.5 Å². The highest BCUT2D eigenvalue weighted by atomic mass is 16.5. The first kappa shape index (κ1) is 11.2. The van der Waals surface area contributed by atoms with E-state index in [-0.39, 0.29) is 0 Å². The zero-order valence-corrected chi connectivity index (χ0v) is 10.0. The number of benzene rings is 1. The molecule has 2 aromatic rings. The van der Waals surface area contributed by atoms with Gasteiger partial charge in [-0.3, -0.25) is 0 Å². The second-order valence-electron chi connectivity index (χ2n) is 4.34. The molecule has 1 aromatic heterocycles. The van der Waals surface area contributed by atoms with Crippen molar-refractivity contribution in [2.45, 2.75) is 18.9 Å². The molecule has 1 N–H and O–H groups in total. The molecule has 2 heterocycles. The summed E-state index contributed by atoms with van der Waals surface area (Å²) >= 11 is 0. The van der Waals surface area contributed by atoms with Crippen molar-refractivity contribution in [3.05, 3.63) is 48.5 Å². The van der Waals surface area contributed by atoms with E-state index in [9.17, 15) is 0 Å². The van der Waals surface area contributed by atoms with Crippen LogP contribution in [0.1, 0.15) is 24.7 Å². The van der Waals surface area contributed by atoms with Gasteiger partial charge in [-0.15, -0.1) is 0 Å². The topological polar surface area (TPSA) is 47.0 Å². The van der Waals surface area contributed by atoms with Crippen molar-refractivity contribution in [2.75, 3.05) is 6.54 Å². The van der Waals surface area contributed by atoms with Gasteiger partial charge in [-0.1, -0.05) is 18.2 Å². The van der Waals surface area contributed by atoms with Crippen LogP contribution in [0.2, 0.25) is 0 Å². The Hall–Kier alpha value is -1.94. The minimum absolute atomic E-state index is 0.302. The Morgan fingerprint density at radius 1 is 1.06 bits per heavy atom. The lowest BCUT2D eigenvalue weighted by Crippen LogP contribution is -2.15. The molecule has 4 nitrogen and oxygen atoms in total. The van der Waals surface area contributed by atoms with Gasteiger partial charge in [0.15, 0.2) is 5.75 Å². The number of aromatic nitrogens is 2. The standard InChI is InChI=1S/C14H15N3O/c1-2-5-11(6-3-1)18-12-9-16-14(17-10-12)13-7-4-8-15-13/h1-3,5-6,9-10,13,15H,4,7-8H2. The molecule has 92 valence electrons. The molecule has 0 saturated carbocycles. The highest BCUT2D eigenvalue weighted by Crippen LogP contribution is 2.22. The smallest absolute Gasteiger partial charge is 0.164 e. The zero-order chi connectivity index (χ0) is 12.2. The average molecular weight is 241 g/mol. The third-order valence-corrected chi connectivity index (χ3v) is 3.00. The number of ether oxygens (including phenoxy) is 1. The van der Waals surface area contributed by atoms with Gasteiger partial charge in [0.1, 0.15) is 11.6 Å². The quantitative estimate of drug-likeness (QED) is 0.897. The minimum atomic E-state index is 0.302. The van der Waals surface area contributed by atoms with Crippen molar-refractivity contribution >= 4 is 0 Å². The summed E-state index contributed by atoms with van der Waals surface area (Å²) in [5, 5.41) is 3.38. The average Bonchev–Trinajstić information content (AvgIpc) is 2.95. The summed E-state index contributed by atoms with van der Waals surface area (Å²) in [6.45, 7) is 1.05. The molecular formula is C14H15N3O. The first-order valence-electron chi connectivity index (χ1n) is 6.20. The first-order valence-corrected chi connectivity index (χ1v) is 6.20. The largest absolute Gasteiger partial charge is 0.454 e. The summed E-state index contributed by atoms with van der Waals surface area (Å²) in [7, 11) is 0. The van der Waals surface area contributed by atoms with Crippen molar-refractivity contribution in [1.82, 2.24) is 15.3 Å². The van der Waals surface area contributed by atoms with Gasteiger partial charge in [-0.05, 0) is 31.5 Å². The molecule has 1 fully saturated rings. The molecular weight excluding hydrogens is 226 g/mol. The minimum Gasteiger partial charge on any atom is -0.454 e. The van der Waals surface area contributed by atoms with Gasteiger partial charge in [0.25, 0.3) is 0 Å². The Morgan fingerprint density at radius 2 is 1.83 bits per heavy atom. The molecule has 1 saturated heterocycles. The third-order valence-electron chi connectivity index (χ3n) is 3.00. The Labute approximate surface area is 106 Å². The molecule has 18 heavy (non-hydrogen) atoms. The van der Waals surface area contributed by atoms with Crippen LogP contribution in [0.15, 0.2) is 42.7 Å². The molecule has 1 atom stereocenters. The van der Waals surface area contributed by atoms with Crippen LogP contribution in [-0.2, 0) is 0 Å². The molecule has 0 amide bonds. The molecule has 4 heteroatoms. The van der Waals surface area contributed by atoms with Gasteiger partial charge in [-0.25, -0.2) is 9.97 Å². The number of nitrogens with one attached hydrogen (secondary N) is 1. The van der Waals surface area contributed by atoms with Gasteiger partial charge in [0, 0.05) is 0 Å². The SMILES string of the molecule is c1ccc(Oc2cnc(C3CCCN3)nc2)cc1. The molecule has 0 spiro atoms. The number of hydrogen-bond donors (Lipinski definition) is 1. The van der Waals surface area contributed by atoms with Gasteiger partial charge < -0.3 is 10.1 Å². The normalized spacial score (nSPS) is 18.8. The molecule has 1 unspecified atom stereocenters. The van der Waals surface area contributed by atoms with E-state index in [1.807, 2.05) is 30.3 Å². The lowest BCUT2D eigenvalue weighted by molar-refractivity contribution is 0.473. The van der Waals surface area contributed by atoms with Crippen LogP contribution >= 0.6 is 0 Å². The molecule has 1 aliphatic heterocycles. The lowest BCUT2D eigenvalue weighted by atomic mass is 10.2. The van der Waals surface area contributed by atoms with Crippen LogP contribution in [0, 0.1) is 0 Å². The van der Waals surface area contributed by atoms with E-state index in [2.05, 4.69) is 15.3 Å². The number of rotatable bonds is 3. The Balaban J connectivity index is 1.71. The van der Waals surface area contributed by atoms with Crippen LogP contribution < -0.4 is 10.1 Å². The van der Waals surface area contributed by atoms with Crippen molar-refractivity contribution in [3.8, 4) is 11.5 Å². The van der Waals surface area contributed by atoms with Gasteiger partial charge in [0.05, 0.1) is 18.4 Å². The van der Waals surface area contributed by atoms with Crippen LogP contribution in [0.3, 0.4) is 0 Å². The summed E-state index contributed by atoms with van der Waals surface area (Å²) in [5.41, 5.74) is 0. The predicted octanol–water partition coefficient (Wildman–Crippen LogP) is 2.69. The van der Waals surface area contributed by atoms with E-state index in [1.165, 1.54) is 6.42 Å². The van der Waals surface area contributed by atoms with Crippen molar-refractivity contribution in [3.63, 3.8) is 0 Å². The fourth-order valence-electron chi connectivity index (χ4n) is 2.09. The van der Waals surface area contributed by atoms with Gasteiger partial charge in [-0.2, -0.15) is 0 Å². The highest BCUT2D eigenvalue weighted by molar-refractivity contribution is 5.27. The Bertz CT molecular complexity index is 492. The summed E-state index contributed by atoms with van der Waals surface area (Å²) in [6, 6.07) is 9.95. The Morgan fingerprint density at radius 3 is 2.50 bits per heavy atom. The van der Waals surface area contributed by atoms with Crippen LogP contribution in [-0.4, -0.2) is 16.5 Å². The molecule has 1 aromatic carbocycles. The third kappa shape index (κ3) is 2.49. The van der Waals surface area contributed by atoms with E-state index in [0.717, 1.165) is 24.5 Å². The van der Waals surface area contributed by atoms with Crippen LogP contribution in [0.25, 0.3) is 0 Å². The predicted molar refractivity (Wildman–Crippen MR) is 68.5 cm³/mol. The maximum atomic E-state index is 5.65. The van der Waals surface area contributed by atoms with E-state index in [4.69, 9.17) is 4.74 Å². The number of para-hydroxylation sites is 1. The summed E-state index contributed by atoms with van der Waals surface area (Å²) in [4.78, 5) is 8.72. The molecule has 0 bridgehead atoms. The van der Waals surface area contributed by atoms with Crippen molar-refractivity contribution in [1.29, 1.82) is 0 Å². The fraction of sp³-hybridized carbons (Fsp3) is 0.286. The second kappa shape index (κ2) is 5.14. The molecule has 3 rings (SSSR count). The maximum absolute atomic E-state index is 5.65. The highest BCUT2D eigenvalue weighted by Gasteiger charge is 2.18. The van der Waals surface area contributed by atoms with Gasteiger partial charge >= 0.3 is 0 Å². The van der Waals surface area contributed by atoms with Crippen LogP contribution in [0.4, 0.5) is 0 Å².